The molecule has 0 aliphatic heterocycles. The van der Waals surface area contributed by atoms with E-state index >= 15 is 0 Å². The molecule has 0 bridgehead atoms. The summed E-state index contributed by atoms with van der Waals surface area (Å²) in [5.41, 5.74) is 4.54. The number of nitrogens with one attached hydrogen (secondary N) is 2. The summed E-state index contributed by atoms with van der Waals surface area (Å²) in [4.78, 5) is 18.4. The Hall–Kier alpha value is -2.83. The number of carbonyl (C=O) groups is 1. The number of aromatic amines is 1. The van der Waals surface area contributed by atoms with E-state index in [4.69, 9.17) is 14.8 Å². The molecule has 0 saturated carbocycles. The summed E-state index contributed by atoms with van der Waals surface area (Å²) in [7, 11) is 0. The predicted octanol–water partition coefficient (Wildman–Crippen LogP) is 9.25. The second-order valence-electron chi connectivity index (χ2n) is 18.0. The number of fused-ring (bicyclic) bond motifs is 1. The monoisotopic (exact) mass is 621 g/mol. The Kier molecular flexibility index (Phi) is 10.7. The highest BCUT2D eigenvalue weighted by atomic mass is 16.5. The minimum absolute atomic E-state index is 0.00102. The van der Waals surface area contributed by atoms with Crippen molar-refractivity contribution >= 4 is 11.6 Å². The predicted molar refractivity (Wildman–Crippen MR) is 187 cm³/mol. The molecule has 2 N–H and O–H groups in total. The number of aromatic nitrogens is 4. The van der Waals surface area contributed by atoms with Gasteiger partial charge in [-0.3, -0.25) is 9.89 Å². The van der Waals surface area contributed by atoms with Crippen molar-refractivity contribution in [2.75, 3.05) is 6.54 Å². The van der Waals surface area contributed by atoms with Gasteiger partial charge in [0.1, 0.15) is 5.75 Å². The van der Waals surface area contributed by atoms with Crippen molar-refractivity contribution in [3.05, 3.63) is 46.9 Å². The quantitative estimate of drug-likeness (QED) is 0.211. The SMILES string of the molecule is CCC(Oc1ccc(C(C)(C)CC(C)(C)C)cc1C(C)(C)CC(C)(C)C)C(=O)NCC(CC)c1nc2cc(C(C)(C)C)[nH]n2n1. The number of nitrogens with zero attached hydrogens (tertiary/aromatic N) is 3. The largest absolute Gasteiger partial charge is 0.480 e. The molecule has 0 aliphatic carbocycles. The van der Waals surface area contributed by atoms with Crippen molar-refractivity contribution in [1.29, 1.82) is 0 Å². The van der Waals surface area contributed by atoms with E-state index < -0.39 is 6.10 Å². The maximum atomic E-state index is 13.6. The van der Waals surface area contributed by atoms with Crippen molar-refractivity contribution in [3.63, 3.8) is 0 Å². The second kappa shape index (κ2) is 13.1. The van der Waals surface area contributed by atoms with Crippen LogP contribution in [0.25, 0.3) is 5.65 Å². The molecule has 252 valence electrons. The zero-order chi connectivity index (χ0) is 34.2. The molecule has 0 spiro atoms. The third-order valence-corrected chi connectivity index (χ3v) is 8.70. The molecule has 0 radical (unpaired) electrons. The molecule has 2 aromatic heterocycles. The fraction of sp³-hybridized carbons (Fsp3) is 0.711. The first-order valence-corrected chi connectivity index (χ1v) is 17.0. The van der Waals surface area contributed by atoms with Crippen molar-refractivity contribution in [3.8, 4) is 5.75 Å². The van der Waals surface area contributed by atoms with Crippen LogP contribution in [0.5, 0.6) is 5.75 Å². The van der Waals surface area contributed by atoms with Crippen LogP contribution in [0, 0.1) is 10.8 Å². The minimum Gasteiger partial charge on any atom is -0.480 e. The number of amides is 1. The number of rotatable bonds is 12. The van der Waals surface area contributed by atoms with E-state index in [0.717, 1.165) is 42.2 Å². The Labute approximate surface area is 273 Å². The molecule has 7 nitrogen and oxygen atoms in total. The first-order chi connectivity index (χ1) is 20.5. The number of benzene rings is 1. The van der Waals surface area contributed by atoms with Gasteiger partial charge in [0.25, 0.3) is 5.91 Å². The summed E-state index contributed by atoms with van der Waals surface area (Å²) in [6, 6.07) is 8.71. The highest BCUT2D eigenvalue weighted by molar-refractivity contribution is 5.81. The van der Waals surface area contributed by atoms with Crippen LogP contribution in [0.2, 0.25) is 0 Å². The highest BCUT2D eigenvalue weighted by Gasteiger charge is 2.34. The Morgan fingerprint density at radius 3 is 1.98 bits per heavy atom. The summed E-state index contributed by atoms with van der Waals surface area (Å²) >= 11 is 0. The number of ether oxygens (including phenoxy) is 1. The molecular formula is C38H63N5O2. The third kappa shape index (κ3) is 9.59. The molecular weight excluding hydrogens is 558 g/mol. The summed E-state index contributed by atoms with van der Waals surface area (Å²) in [5.74, 6) is 1.43. The van der Waals surface area contributed by atoms with E-state index in [9.17, 15) is 4.79 Å². The van der Waals surface area contributed by atoms with Gasteiger partial charge in [-0.2, -0.15) is 4.63 Å². The van der Waals surface area contributed by atoms with E-state index in [1.807, 2.05) is 6.92 Å². The lowest BCUT2D eigenvalue weighted by Crippen LogP contribution is -2.40. The maximum Gasteiger partial charge on any atom is 0.261 e. The summed E-state index contributed by atoms with van der Waals surface area (Å²) < 4.78 is 8.37. The molecule has 2 unspecified atom stereocenters. The van der Waals surface area contributed by atoms with Crippen molar-refractivity contribution in [1.82, 2.24) is 25.1 Å². The molecule has 1 amide bonds. The molecule has 3 aromatic rings. The molecule has 45 heavy (non-hydrogen) atoms. The number of hydrogen-bond donors (Lipinski definition) is 2. The molecule has 2 heterocycles. The zero-order valence-electron chi connectivity index (χ0n) is 31.2. The first-order valence-electron chi connectivity index (χ1n) is 17.0. The number of H-pyrrole nitrogens is 1. The minimum atomic E-state index is -0.598. The van der Waals surface area contributed by atoms with Crippen molar-refractivity contribution < 1.29 is 9.53 Å². The van der Waals surface area contributed by atoms with E-state index in [2.05, 4.69) is 132 Å². The lowest BCUT2D eigenvalue weighted by Gasteiger charge is -2.37. The van der Waals surface area contributed by atoms with E-state index in [1.54, 1.807) is 4.63 Å². The Balaban J connectivity index is 1.84. The van der Waals surface area contributed by atoms with Crippen molar-refractivity contribution in [2.45, 2.75) is 158 Å². The molecule has 7 heteroatoms. The summed E-state index contributed by atoms with van der Waals surface area (Å²) in [6.45, 7) is 34.1. The average Bonchev–Trinajstić information content (AvgIpc) is 3.44. The van der Waals surface area contributed by atoms with Gasteiger partial charge < -0.3 is 10.1 Å². The Morgan fingerprint density at radius 1 is 0.867 bits per heavy atom. The molecule has 0 saturated heterocycles. The third-order valence-electron chi connectivity index (χ3n) is 8.70. The van der Waals surface area contributed by atoms with Gasteiger partial charge >= 0.3 is 0 Å². The van der Waals surface area contributed by atoms with Crippen LogP contribution in [0.4, 0.5) is 0 Å². The topological polar surface area (TPSA) is 84.3 Å². The zero-order valence-corrected chi connectivity index (χ0v) is 31.2. The molecule has 0 aliphatic rings. The van der Waals surface area contributed by atoms with E-state index in [0.29, 0.717) is 13.0 Å². The van der Waals surface area contributed by atoms with E-state index in [1.165, 1.54) is 11.1 Å². The normalized spacial score (nSPS) is 14.9. The van der Waals surface area contributed by atoms with Gasteiger partial charge in [-0.25, -0.2) is 4.98 Å². The van der Waals surface area contributed by atoms with Gasteiger partial charge in [-0.05, 0) is 59.0 Å². The van der Waals surface area contributed by atoms with Gasteiger partial charge in [0, 0.05) is 35.2 Å². The molecule has 1 aromatic carbocycles. The van der Waals surface area contributed by atoms with Crippen molar-refractivity contribution in [2.24, 2.45) is 10.8 Å². The van der Waals surface area contributed by atoms with Crippen LogP contribution in [0.1, 0.15) is 158 Å². The lowest BCUT2D eigenvalue weighted by molar-refractivity contribution is -0.128. The maximum absolute atomic E-state index is 13.6. The lowest BCUT2D eigenvalue weighted by atomic mass is 9.68. The molecule has 2 atom stereocenters. The highest BCUT2D eigenvalue weighted by Crippen LogP contribution is 2.44. The van der Waals surface area contributed by atoms with Gasteiger partial charge in [0.2, 0.25) is 0 Å². The fourth-order valence-corrected chi connectivity index (χ4v) is 7.01. The van der Waals surface area contributed by atoms with Crippen LogP contribution >= 0.6 is 0 Å². The Bertz CT molecular complexity index is 1410. The van der Waals surface area contributed by atoms with Gasteiger partial charge in [0.15, 0.2) is 17.6 Å². The second-order valence-corrected chi connectivity index (χ2v) is 18.0. The van der Waals surface area contributed by atoms with Gasteiger partial charge in [-0.1, -0.05) is 116 Å². The van der Waals surface area contributed by atoms with Crippen LogP contribution < -0.4 is 10.1 Å². The van der Waals surface area contributed by atoms with Crippen LogP contribution in [0.15, 0.2) is 24.3 Å². The fourth-order valence-electron chi connectivity index (χ4n) is 7.01. The average molecular weight is 622 g/mol. The standard InChI is InChI=1S/C38H63N5O2/c1-16-25(32-40-31-21-30(36(9,10)11)41-43(31)42-32)22-39-33(44)28(17-2)45-29-19-18-26(37(12,13)23-34(3,4)5)20-27(29)38(14,15)24-35(6,7)8/h18-21,25,28,41H,16-17,22-24H2,1-15H3,(H,39,44). The smallest absolute Gasteiger partial charge is 0.261 e. The molecule has 0 fully saturated rings. The number of carbonyl (C=O) groups excluding carboxylic acids is 1. The van der Waals surface area contributed by atoms with Crippen LogP contribution in [-0.4, -0.2) is 38.4 Å². The first kappa shape index (κ1) is 36.6. The molecule has 3 rings (SSSR count). The van der Waals surface area contributed by atoms with Gasteiger partial charge in [-0.15, -0.1) is 5.10 Å². The number of hydrogen-bond acceptors (Lipinski definition) is 4. The van der Waals surface area contributed by atoms with Crippen LogP contribution in [-0.2, 0) is 21.0 Å². The van der Waals surface area contributed by atoms with Gasteiger partial charge in [0.05, 0.1) is 0 Å². The van der Waals surface area contributed by atoms with Crippen LogP contribution in [0.3, 0.4) is 0 Å². The van der Waals surface area contributed by atoms with E-state index in [-0.39, 0.29) is 38.9 Å². The Morgan fingerprint density at radius 2 is 1.47 bits per heavy atom. The summed E-state index contributed by atoms with van der Waals surface area (Å²) in [5, 5.41) is 11.2. The summed E-state index contributed by atoms with van der Waals surface area (Å²) in [6.07, 6.45) is 2.84.